The van der Waals surface area contributed by atoms with Crippen LogP contribution in [0.5, 0.6) is 0 Å². The first-order chi connectivity index (χ1) is 12.2. The fourth-order valence-corrected chi connectivity index (χ4v) is 2.94. The molecule has 0 aliphatic carbocycles. The molecule has 0 radical (unpaired) electrons. The Balaban J connectivity index is 1.94. The molecule has 0 aromatic carbocycles. The molecule has 0 saturated carbocycles. The van der Waals surface area contributed by atoms with Crippen molar-refractivity contribution in [3.05, 3.63) is 18.0 Å². The highest BCUT2D eigenvalue weighted by Gasteiger charge is 2.39. The second-order valence-corrected chi connectivity index (χ2v) is 7.25. The maximum Gasteiger partial charge on any atom is 0.251 e. The maximum atomic E-state index is 13.5. The van der Waals surface area contributed by atoms with Gasteiger partial charge in [-0.05, 0) is 12.3 Å². The summed E-state index contributed by atoms with van der Waals surface area (Å²) in [5, 5.41) is 12.2. The molecule has 1 fully saturated rings. The molecule has 2 heterocycles. The maximum absolute atomic E-state index is 13.5. The predicted octanol–water partition coefficient (Wildman–Crippen LogP) is 0.955. The lowest BCUT2D eigenvalue weighted by molar-refractivity contribution is -0.133. The third-order valence-corrected chi connectivity index (χ3v) is 4.27. The van der Waals surface area contributed by atoms with Crippen molar-refractivity contribution >= 4 is 11.8 Å². The van der Waals surface area contributed by atoms with Gasteiger partial charge in [-0.1, -0.05) is 13.8 Å². The van der Waals surface area contributed by atoms with Gasteiger partial charge in [0.05, 0.1) is 12.2 Å². The number of carbonyl (C=O) groups excluding carboxylic acids is 2. The van der Waals surface area contributed by atoms with Crippen LogP contribution >= 0.6 is 0 Å². The number of amides is 2. The number of nitrogens with one attached hydrogen (secondary N) is 3. The molecule has 1 aromatic rings. The number of aryl methyl sites for hydroxylation is 1. The van der Waals surface area contributed by atoms with Gasteiger partial charge in [0.15, 0.2) is 0 Å². The van der Waals surface area contributed by atoms with E-state index in [-0.39, 0.29) is 31.3 Å². The molecule has 0 spiro atoms. The first-order valence-electron chi connectivity index (χ1n) is 8.83. The number of carbonyl (C=O) groups is 2. The van der Waals surface area contributed by atoms with E-state index in [1.807, 2.05) is 13.8 Å². The van der Waals surface area contributed by atoms with E-state index in [2.05, 4.69) is 21.0 Å². The summed E-state index contributed by atoms with van der Waals surface area (Å²) >= 11 is 0. The van der Waals surface area contributed by atoms with Gasteiger partial charge < -0.3 is 16.0 Å². The topological polar surface area (TPSA) is 88.1 Å². The van der Waals surface area contributed by atoms with Crippen LogP contribution in [0.4, 0.5) is 8.78 Å². The van der Waals surface area contributed by atoms with Crippen molar-refractivity contribution in [1.29, 1.82) is 0 Å². The van der Waals surface area contributed by atoms with Crippen molar-refractivity contribution in [1.82, 2.24) is 25.7 Å². The second kappa shape index (κ2) is 8.57. The largest absolute Gasteiger partial charge is 0.350 e. The Kier molecular flexibility index (Phi) is 6.69. The number of piperidine rings is 1. The molecule has 2 rings (SSSR count). The van der Waals surface area contributed by atoms with Crippen molar-refractivity contribution in [2.24, 2.45) is 13.0 Å². The highest BCUT2D eigenvalue weighted by molar-refractivity contribution is 5.89. The van der Waals surface area contributed by atoms with Crippen LogP contribution in [0.2, 0.25) is 0 Å². The van der Waals surface area contributed by atoms with E-state index in [9.17, 15) is 18.4 Å². The van der Waals surface area contributed by atoms with Gasteiger partial charge in [0.25, 0.3) is 5.92 Å². The zero-order valence-corrected chi connectivity index (χ0v) is 15.4. The van der Waals surface area contributed by atoms with Gasteiger partial charge in [-0.15, -0.1) is 0 Å². The molecule has 26 heavy (non-hydrogen) atoms. The number of hydrogen-bond acceptors (Lipinski definition) is 4. The zero-order chi connectivity index (χ0) is 19.3. The summed E-state index contributed by atoms with van der Waals surface area (Å²) in [5.74, 6) is -3.60. The van der Waals surface area contributed by atoms with E-state index in [1.165, 1.54) is 0 Å². The molecular weight excluding hydrogens is 344 g/mol. The van der Waals surface area contributed by atoms with Gasteiger partial charge in [0.2, 0.25) is 11.8 Å². The van der Waals surface area contributed by atoms with E-state index in [0.717, 1.165) is 5.56 Å². The Morgan fingerprint density at radius 3 is 2.77 bits per heavy atom. The summed E-state index contributed by atoms with van der Waals surface area (Å²) in [5.41, 5.74) is 0.837. The van der Waals surface area contributed by atoms with Crippen molar-refractivity contribution in [2.45, 2.75) is 57.7 Å². The SMILES string of the molecule is CC(C)CC(NC(=O)[C@@H]1CC(F)(F)CCN1)C(=O)NCc1cnn(C)c1. The van der Waals surface area contributed by atoms with Crippen molar-refractivity contribution in [3.63, 3.8) is 0 Å². The van der Waals surface area contributed by atoms with Crippen LogP contribution in [0.3, 0.4) is 0 Å². The fraction of sp³-hybridized carbons (Fsp3) is 0.706. The van der Waals surface area contributed by atoms with Gasteiger partial charge in [-0.25, -0.2) is 8.78 Å². The summed E-state index contributed by atoms with van der Waals surface area (Å²) in [6.07, 6.45) is 3.02. The molecule has 1 unspecified atom stereocenters. The summed E-state index contributed by atoms with van der Waals surface area (Å²) < 4.78 is 28.7. The standard InChI is InChI=1S/C17H27F2N5O2/c1-11(2)6-13(15(25)21-8-12-9-22-24(3)10-12)23-16(26)14-7-17(18,19)4-5-20-14/h9-11,13-14,20H,4-8H2,1-3H3,(H,21,25)(H,23,26)/t13?,14-/m0/s1. The lowest BCUT2D eigenvalue weighted by Crippen LogP contribution is -2.56. The summed E-state index contributed by atoms with van der Waals surface area (Å²) in [6, 6.07) is -1.75. The minimum Gasteiger partial charge on any atom is -0.350 e. The Bertz CT molecular complexity index is 632. The highest BCUT2D eigenvalue weighted by Crippen LogP contribution is 2.27. The molecule has 9 heteroatoms. The average molecular weight is 371 g/mol. The molecule has 0 bridgehead atoms. The Labute approximate surface area is 151 Å². The van der Waals surface area contributed by atoms with E-state index in [1.54, 1.807) is 24.1 Å². The molecule has 146 valence electrons. The lowest BCUT2D eigenvalue weighted by atomic mass is 9.98. The zero-order valence-electron chi connectivity index (χ0n) is 15.4. The van der Waals surface area contributed by atoms with Crippen LogP contribution in [-0.2, 0) is 23.2 Å². The average Bonchev–Trinajstić information content (AvgIpc) is 2.96. The number of aromatic nitrogens is 2. The van der Waals surface area contributed by atoms with Crippen LogP contribution in [0.15, 0.2) is 12.4 Å². The Hall–Kier alpha value is -2.03. The molecule has 2 atom stereocenters. The van der Waals surface area contributed by atoms with Crippen LogP contribution < -0.4 is 16.0 Å². The van der Waals surface area contributed by atoms with Crippen molar-refractivity contribution in [2.75, 3.05) is 6.54 Å². The highest BCUT2D eigenvalue weighted by atomic mass is 19.3. The summed E-state index contributed by atoms with van der Waals surface area (Å²) in [6.45, 7) is 4.23. The van der Waals surface area contributed by atoms with E-state index >= 15 is 0 Å². The number of rotatable bonds is 7. The van der Waals surface area contributed by atoms with Gasteiger partial charge in [-0.3, -0.25) is 14.3 Å². The van der Waals surface area contributed by atoms with Crippen LogP contribution in [0, 0.1) is 5.92 Å². The minimum absolute atomic E-state index is 0.0765. The monoisotopic (exact) mass is 371 g/mol. The van der Waals surface area contributed by atoms with Crippen molar-refractivity contribution in [3.8, 4) is 0 Å². The number of nitrogens with zero attached hydrogens (tertiary/aromatic N) is 2. The normalized spacial score (nSPS) is 20.6. The van der Waals surface area contributed by atoms with Gasteiger partial charge in [-0.2, -0.15) is 5.10 Å². The van der Waals surface area contributed by atoms with Crippen LogP contribution in [-0.4, -0.2) is 46.1 Å². The first kappa shape index (κ1) is 20.3. The van der Waals surface area contributed by atoms with E-state index in [4.69, 9.17) is 0 Å². The predicted molar refractivity (Wildman–Crippen MR) is 92.4 cm³/mol. The fourth-order valence-electron chi connectivity index (χ4n) is 2.94. The smallest absolute Gasteiger partial charge is 0.251 e. The third kappa shape index (κ3) is 6.05. The summed E-state index contributed by atoms with van der Waals surface area (Å²) in [4.78, 5) is 24.8. The van der Waals surface area contributed by atoms with E-state index < -0.39 is 30.3 Å². The third-order valence-electron chi connectivity index (χ3n) is 4.27. The lowest BCUT2D eigenvalue weighted by Gasteiger charge is -2.30. The molecule has 7 nitrogen and oxygen atoms in total. The molecular formula is C17H27F2N5O2. The number of alkyl halides is 2. The second-order valence-electron chi connectivity index (χ2n) is 7.25. The van der Waals surface area contributed by atoms with E-state index in [0.29, 0.717) is 6.42 Å². The minimum atomic E-state index is -2.86. The van der Waals surface area contributed by atoms with Gasteiger partial charge in [0, 0.05) is 44.7 Å². The molecule has 1 aromatic heterocycles. The molecule has 1 aliphatic rings. The Morgan fingerprint density at radius 2 is 2.19 bits per heavy atom. The molecule has 1 aliphatic heterocycles. The molecule has 1 saturated heterocycles. The van der Waals surface area contributed by atoms with Gasteiger partial charge >= 0.3 is 0 Å². The molecule has 3 N–H and O–H groups in total. The quantitative estimate of drug-likeness (QED) is 0.666. The van der Waals surface area contributed by atoms with Crippen molar-refractivity contribution < 1.29 is 18.4 Å². The Morgan fingerprint density at radius 1 is 1.46 bits per heavy atom. The first-order valence-corrected chi connectivity index (χ1v) is 8.83. The van der Waals surface area contributed by atoms with Crippen LogP contribution in [0.25, 0.3) is 0 Å². The summed E-state index contributed by atoms with van der Waals surface area (Å²) in [7, 11) is 1.78. The number of halogens is 2. The molecule has 2 amide bonds. The van der Waals surface area contributed by atoms with Gasteiger partial charge in [0.1, 0.15) is 6.04 Å². The van der Waals surface area contributed by atoms with Crippen LogP contribution in [0.1, 0.15) is 38.7 Å². The number of hydrogen-bond donors (Lipinski definition) is 3.